The molecule has 1 rings (SSSR count). The van der Waals surface area contributed by atoms with Crippen LogP contribution in [0.25, 0.3) is 0 Å². The van der Waals surface area contributed by atoms with Gasteiger partial charge in [-0.05, 0) is 65.8 Å². The van der Waals surface area contributed by atoms with Gasteiger partial charge in [0.2, 0.25) is 0 Å². The molecule has 0 unspecified atom stereocenters. The molecule has 0 aromatic rings. The van der Waals surface area contributed by atoms with Crippen molar-refractivity contribution >= 4 is 25.0 Å². The second-order valence-corrected chi connectivity index (χ2v) is 22.9. The highest BCUT2D eigenvalue weighted by atomic mass is 28.4. The average molecular weight is 395 g/mol. The molecule has 24 heavy (non-hydrogen) atoms. The van der Waals surface area contributed by atoms with E-state index in [1.807, 2.05) is 6.92 Å². The van der Waals surface area contributed by atoms with E-state index in [0.29, 0.717) is 0 Å². The van der Waals surface area contributed by atoms with Gasteiger partial charge in [0, 0.05) is 7.11 Å². The number of hydrogen-bond acceptors (Lipinski definition) is 5. The summed E-state index contributed by atoms with van der Waals surface area (Å²) < 4.78 is 31.2. The van der Waals surface area contributed by atoms with Crippen LogP contribution in [0.2, 0.25) is 58.9 Å². The minimum Gasteiger partial charge on any atom is -0.409 e. The zero-order chi connectivity index (χ0) is 18.9. The summed E-state index contributed by atoms with van der Waals surface area (Å²) in [5.74, 6) is 0. The SMILES string of the molecule is CO[C@@H]1O[C@@H](C)[C@@H](O[Si](C)(C)C)[C@@H](O[Si](C)(C)C)[C@@H]1O[Si](C)(C)C. The highest BCUT2D eigenvalue weighted by Gasteiger charge is 2.50. The van der Waals surface area contributed by atoms with E-state index in [0.717, 1.165) is 0 Å². The van der Waals surface area contributed by atoms with Crippen molar-refractivity contribution in [3.8, 4) is 0 Å². The van der Waals surface area contributed by atoms with Crippen LogP contribution in [0.5, 0.6) is 0 Å². The predicted molar refractivity (Wildman–Crippen MR) is 106 cm³/mol. The molecule has 0 saturated carbocycles. The van der Waals surface area contributed by atoms with Crippen LogP contribution in [0.15, 0.2) is 0 Å². The standard InChI is InChI=1S/C16H38O5Si3/c1-12-13(19-22(3,4)5)14(20-23(6,7)8)15(16(17-2)18-12)21-24(9,10)11/h12-16H,1-11H3/t12-,13+,14+,15-,16+/m0/s1. The van der Waals surface area contributed by atoms with Gasteiger partial charge in [-0.1, -0.05) is 0 Å². The Hall–Kier alpha value is 0.451. The quantitative estimate of drug-likeness (QED) is 0.610. The summed E-state index contributed by atoms with van der Waals surface area (Å²) in [5, 5.41) is 0. The first kappa shape index (κ1) is 22.5. The van der Waals surface area contributed by atoms with Crippen LogP contribution in [-0.4, -0.2) is 62.8 Å². The van der Waals surface area contributed by atoms with Gasteiger partial charge in [0.1, 0.15) is 12.2 Å². The fourth-order valence-electron chi connectivity index (χ4n) is 2.81. The minimum absolute atomic E-state index is 0.0930. The first-order valence-corrected chi connectivity index (χ1v) is 19.1. The molecular formula is C16H38O5Si3. The maximum atomic E-state index is 6.57. The van der Waals surface area contributed by atoms with Crippen molar-refractivity contribution < 1.29 is 22.8 Å². The molecule has 144 valence electrons. The van der Waals surface area contributed by atoms with Crippen molar-refractivity contribution in [3.05, 3.63) is 0 Å². The molecule has 5 atom stereocenters. The van der Waals surface area contributed by atoms with Crippen molar-refractivity contribution in [3.63, 3.8) is 0 Å². The van der Waals surface area contributed by atoms with Crippen LogP contribution >= 0.6 is 0 Å². The second-order valence-electron chi connectivity index (χ2n) is 9.53. The summed E-state index contributed by atoms with van der Waals surface area (Å²) in [6.45, 7) is 21.8. The van der Waals surface area contributed by atoms with Gasteiger partial charge >= 0.3 is 0 Å². The molecule has 0 amide bonds. The van der Waals surface area contributed by atoms with Crippen LogP contribution in [-0.2, 0) is 22.8 Å². The maximum Gasteiger partial charge on any atom is 0.185 e. The zero-order valence-electron chi connectivity index (χ0n) is 17.4. The van der Waals surface area contributed by atoms with Crippen molar-refractivity contribution in [1.82, 2.24) is 0 Å². The fourth-order valence-corrected chi connectivity index (χ4v) is 6.10. The van der Waals surface area contributed by atoms with Crippen LogP contribution < -0.4 is 0 Å². The van der Waals surface area contributed by atoms with Gasteiger partial charge < -0.3 is 22.8 Å². The van der Waals surface area contributed by atoms with E-state index in [9.17, 15) is 0 Å². The highest BCUT2D eigenvalue weighted by Crippen LogP contribution is 2.33. The molecule has 5 nitrogen and oxygen atoms in total. The van der Waals surface area contributed by atoms with Crippen molar-refractivity contribution in [1.29, 1.82) is 0 Å². The summed E-state index contributed by atoms with van der Waals surface area (Å²) in [6, 6.07) is 0. The largest absolute Gasteiger partial charge is 0.409 e. The van der Waals surface area contributed by atoms with Crippen LogP contribution in [0, 0.1) is 0 Å². The molecule has 1 saturated heterocycles. The normalized spacial score (nSPS) is 32.9. The van der Waals surface area contributed by atoms with Crippen molar-refractivity contribution in [2.45, 2.75) is 96.6 Å². The minimum atomic E-state index is -1.80. The van der Waals surface area contributed by atoms with Gasteiger partial charge in [-0.15, -0.1) is 0 Å². The maximum absolute atomic E-state index is 6.57. The molecule has 0 spiro atoms. The Morgan fingerprint density at radius 2 is 1.00 bits per heavy atom. The van der Waals surface area contributed by atoms with E-state index in [1.165, 1.54) is 0 Å². The molecule has 0 aromatic heterocycles. The third-order valence-corrected chi connectivity index (χ3v) is 6.37. The van der Waals surface area contributed by atoms with Crippen molar-refractivity contribution in [2.24, 2.45) is 0 Å². The van der Waals surface area contributed by atoms with E-state index < -0.39 is 31.2 Å². The lowest BCUT2D eigenvalue weighted by Crippen LogP contribution is -2.64. The summed E-state index contributed by atoms with van der Waals surface area (Å²) in [7, 11) is -3.67. The molecule has 0 N–H and O–H groups in total. The molecular weight excluding hydrogens is 356 g/mol. The van der Waals surface area contributed by atoms with Gasteiger partial charge in [0.25, 0.3) is 0 Å². The van der Waals surface area contributed by atoms with Gasteiger partial charge in [-0.25, -0.2) is 0 Å². The second kappa shape index (κ2) is 7.99. The Kier molecular flexibility index (Phi) is 7.49. The van der Waals surface area contributed by atoms with E-state index in [2.05, 4.69) is 58.9 Å². The summed E-state index contributed by atoms with van der Waals surface area (Å²) in [5.41, 5.74) is 0. The van der Waals surface area contributed by atoms with Crippen LogP contribution in [0.3, 0.4) is 0 Å². The van der Waals surface area contributed by atoms with E-state index in [1.54, 1.807) is 7.11 Å². The lowest BCUT2D eigenvalue weighted by Gasteiger charge is -2.49. The lowest BCUT2D eigenvalue weighted by molar-refractivity contribution is -0.275. The lowest BCUT2D eigenvalue weighted by atomic mass is 10.0. The summed E-state index contributed by atoms with van der Waals surface area (Å²) in [6.07, 6.45) is -1.06. The molecule has 1 aliphatic rings. The van der Waals surface area contributed by atoms with E-state index in [-0.39, 0.29) is 24.4 Å². The number of methoxy groups -OCH3 is 1. The highest BCUT2D eigenvalue weighted by molar-refractivity contribution is 6.70. The number of ether oxygens (including phenoxy) is 2. The summed E-state index contributed by atoms with van der Waals surface area (Å²) in [4.78, 5) is 0. The molecule has 1 heterocycles. The van der Waals surface area contributed by atoms with Gasteiger partial charge in [0.05, 0.1) is 12.2 Å². The third-order valence-electron chi connectivity index (χ3n) is 3.43. The first-order valence-electron chi connectivity index (χ1n) is 8.85. The van der Waals surface area contributed by atoms with Gasteiger partial charge in [-0.3, -0.25) is 0 Å². The molecule has 1 fully saturated rings. The zero-order valence-corrected chi connectivity index (χ0v) is 20.4. The Morgan fingerprint density at radius 1 is 0.625 bits per heavy atom. The smallest absolute Gasteiger partial charge is 0.185 e. The number of rotatable bonds is 7. The topological polar surface area (TPSA) is 46.2 Å². The Bertz CT molecular complexity index is 400. The molecule has 0 radical (unpaired) electrons. The molecule has 0 aromatic carbocycles. The first-order chi connectivity index (χ1) is 10.6. The number of hydrogen-bond donors (Lipinski definition) is 0. The van der Waals surface area contributed by atoms with Gasteiger partial charge in [-0.2, -0.15) is 0 Å². The Morgan fingerprint density at radius 3 is 1.38 bits per heavy atom. The monoisotopic (exact) mass is 394 g/mol. The molecule has 0 aliphatic carbocycles. The predicted octanol–water partition coefficient (Wildman–Crippen LogP) is 4.04. The molecule has 8 heteroatoms. The third kappa shape index (κ3) is 7.37. The molecule has 1 aliphatic heterocycles. The Balaban J connectivity index is 3.20. The van der Waals surface area contributed by atoms with Crippen LogP contribution in [0.1, 0.15) is 6.92 Å². The average Bonchev–Trinajstić information content (AvgIpc) is 2.32. The molecule has 0 bridgehead atoms. The van der Waals surface area contributed by atoms with Crippen LogP contribution in [0.4, 0.5) is 0 Å². The van der Waals surface area contributed by atoms with E-state index >= 15 is 0 Å². The van der Waals surface area contributed by atoms with Gasteiger partial charge in [0.15, 0.2) is 31.2 Å². The van der Waals surface area contributed by atoms with E-state index in [4.69, 9.17) is 22.8 Å². The summed E-state index contributed by atoms with van der Waals surface area (Å²) >= 11 is 0. The Labute approximate surface area is 151 Å². The fraction of sp³-hybridized carbons (Fsp3) is 1.00. The van der Waals surface area contributed by atoms with Crippen molar-refractivity contribution in [2.75, 3.05) is 7.11 Å².